The summed E-state index contributed by atoms with van der Waals surface area (Å²) in [6, 6.07) is 8.29. The molecule has 0 fully saturated rings. The van der Waals surface area contributed by atoms with E-state index in [4.69, 9.17) is 4.42 Å². The van der Waals surface area contributed by atoms with E-state index < -0.39 is 0 Å². The Bertz CT molecular complexity index is 418. The van der Waals surface area contributed by atoms with E-state index in [1.165, 1.54) is 11.1 Å². The maximum Gasteiger partial charge on any atom is 0.0981 e. The molecule has 1 N–H and O–H groups in total. The zero-order chi connectivity index (χ0) is 9.97. The van der Waals surface area contributed by atoms with Crippen LogP contribution in [0.4, 0.5) is 5.69 Å². The van der Waals surface area contributed by atoms with Crippen LogP contribution in [-0.4, -0.2) is 7.05 Å². The van der Waals surface area contributed by atoms with E-state index in [-0.39, 0.29) is 0 Å². The first-order valence-corrected chi connectivity index (χ1v) is 4.62. The predicted octanol–water partition coefficient (Wildman–Crippen LogP) is 3.30. The number of furan rings is 1. The molecule has 1 aromatic carbocycles. The van der Waals surface area contributed by atoms with Gasteiger partial charge in [0.2, 0.25) is 0 Å². The van der Waals surface area contributed by atoms with Gasteiger partial charge in [0.25, 0.3) is 0 Å². The van der Waals surface area contributed by atoms with Crippen molar-refractivity contribution >= 4 is 5.69 Å². The summed E-state index contributed by atoms with van der Waals surface area (Å²) < 4.78 is 5.08. The number of nitrogens with one attached hydrogen (secondary N) is 1. The number of hydrogen-bond donors (Lipinski definition) is 1. The summed E-state index contributed by atoms with van der Waals surface area (Å²) >= 11 is 0. The molecule has 0 radical (unpaired) electrons. The van der Waals surface area contributed by atoms with Crippen LogP contribution in [0.15, 0.2) is 41.2 Å². The lowest BCUT2D eigenvalue weighted by molar-refractivity contribution is 0.568. The Kier molecular flexibility index (Phi) is 2.27. The second kappa shape index (κ2) is 3.58. The SMILES string of the molecule is CNc1ccc(C)cc1-c1ccoc1. The van der Waals surface area contributed by atoms with E-state index in [0.717, 1.165) is 11.3 Å². The van der Waals surface area contributed by atoms with Crippen LogP contribution in [0, 0.1) is 6.92 Å². The summed E-state index contributed by atoms with van der Waals surface area (Å²) in [5, 5.41) is 3.17. The van der Waals surface area contributed by atoms with Gasteiger partial charge >= 0.3 is 0 Å². The maximum atomic E-state index is 5.08. The van der Waals surface area contributed by atoms with Crippen molar-refractivity contribution < 1.29 is 4.42 Å². The molecule has 0 aliphatic heterocycles. The van der Waals surface area contributed by atoms with Crippen LogP contribution in [0.25, 0.3) is 11.1 Å². The molecule has 2 nitrogen and oxygen atoms in total. The van der Waals surface area contributed by atoms with Crippen molar-refractivity contribution in [3.05, 3.63) is 42.4 Å². The highest BCUT2D eigenvalue weighted by Gasteiger charge is 2.04. The fourth-order valence-corrected chi connectivity index (χ4v) is 1.53. The highest BCUT2D eigenvalue weighted by molar-refractivity contribution is 5.77. The maximum absolute atomic E-state index is 5.08. The number of hydrogen-bond acceptors (Lipinski definition) is 2. The second-order valence-corrected chi connectivity index (χ2v) is 3.31. The van der Waals surface area contributed by atoms with Gasteiger partial charge in [0, 0.05) is 23.9 Å². The number of anilines is 1. The normalized spacial score (nSPS) is 10.1. The van der Waals surface area contributed by atoms with Gasteiger partial charge in [-0.1, -0.05) is 11.6 Å². The molecular weight excluding hydrogens is 174 g/mol. The first kappa shape index (κ1) is 8.88. The molecule has 2 aromatic rings. The van der Waals surface area contributed by atoms with Gasteiger partial charge < -0.3 is 9.73 Å². The van der Waals surface area contributed by atoms with E-state index >= 15 is 0 Å². The van der Waals surface area contributed by atoms with Crippen molar-refractivity contribution in [2.24, 2.45) is 0 Å². The van der Waals surface area contributed by atoms with Crippen LogP contribution in [-0.2, 0) is 0 Å². The van der Waals surface area contributed by atoms with Crippen LogP contribution < -0.4 is 5.32 Å². The third-order valence-electron chi connectivity index (χ3n) is 2.28. The minimum absolute atomic E-state index is 1.11. The molecule has 0 bridgehead atoms. The standard InChI is InChI=1S/C12H13NO/c1-9-3-4-12(13-2)11(7-9)10-5-6-14-8-10/h3-8,13H,1-2H3. The molecule has 0 unspecified atom stereocenters. The second-order valence-electron chi connectivity index (χ2n) is 3.31. The van der Waals surface area contributed by atoms with Gasteiger partial charge in [0.1, 0.15) is 0 Å². The lowest BCUT2D eigenvalue weighted by Crippen LogP contribution is -1.91. The molecule has 72 valence electrons. The van der Waals surface area contributed by atoms with Gasteiger partial charge in [-0.05, 0) is 25.1 Å². The molecule has 0 saturated heterocycles. The molecule has 1 heterocycles. The largest absolute Gasteiger partial charge is 0.472 e. The van der Waals surface area contributed by atoms with Crippen LogP contribution in [0.5, 0.6) is 0 Å². The van der Waals surface area contributed by atoms with Crippen LogP contribution in [0.2, 0.25) is 0 Å². The Morgan fingerprint density at radius 1 is 1.21 bits per heavy atom. The quantitative estimate of drug-likeness (QED) is 0.780. The Morgan fingerprint density at radius 3 is 2.71 bits per heavy atom. The molecule has 2 rings (SSSR count). The Morgan fingerprint density at radius 2 is 2.07 bits per heavy atom. The summed E-state index contributed by atoms with van der Waals surface area (Å²) in [7, 11) is 1.92. The third-order valence-corrected chi connectivity index (χ3v) is 2.28. The van der Waals surface area contributed by atoms with Gasteiger partial charge in [-0.15, -0.1) is 0 Å². The van der Waals surface area contributed by atoms with E-state index in [1.807, 2.05) is 13.1 Å². The van der Waals surface area contributed by atoms with Crippen molar-refractivity contribution in [3.63, 3.8) is 0 Å². The van der Waals surface area contributed by atoms with Gasteiger partial charge in [-0.3, -0.25) is 0 Å². The number of rotatable bonds is 2. The summed E-state index contributed by atoms with van der Waals surface area (Å²) in [5.41, 5.74) is 4.66. The first-order valence-electron chi connectivity index (χ1n) is 4.62. The van der Waals surface area contributed by atoms with E-state index in [2.05, 4.69) is 30.4 Å². The summed E-state index contributed by atoms with van der Waals surface area (Å²) in [6.45, 7) is 2.09. The van der Waals surface area contributed by atoms with Gasteiger partial charge in [-0.2, -0.15) is 0 Å². The molecule has 0 amide bonds. The van der Waals surface area contributed by atoms with Crippen molar-refractivity contribution in [1.29, 1.82) is 0 Å². The van der Waals surface area contributed by atoms with Crippen LogP contribution in [0.1, 0.15) is 5.56 Å². The lowest BCUT2D eigenvalue weighted by atomic mass is 10.0. The van der Waals surface area contributed by atoms with Crippen LogP contribution in [0.3, 0.4) is 0 Å². The van der Waals surface area contributed by atoms with Crippen molar-refractivity contribution in [1.82, 2.24) is 0 Å². The first-order chi connectivity index (χ1) is 6.81. The number of benzene rings is 1. The molecule has 14 heavy (non-hydrogen) atoms. The molecule has 0 spiro atoms. The fourth-order valence-electron chi connectivity index (χ4n) is 1.53. The number of aryl methyl sites for hydroxylation is 1. The summed E-state index contributed by atoms with van der Waals surface area (Å²) in [5.74, 6) is 0. The van der Waals surface area contributed by atoms with Gasteiger partial charge in [-0.25, -0.2) is 0 Å². The molecule has 1 aromatic heterocycles. The van der Waals surface area contributed by atoms with Crippen molar-refractivity contribution in [2.75, 3.05) is 12.4 Å². The minimum atomic E-state index is 1.11. The zero-order valence-corrected chi connectivity index (χ0v) is 8.37. The van der Waals surface area contributed by atoms with E-state index in [9.17, 15) is 0 Å². The lowest BCUT2D eigenvalue weighted by Gasteiger charge is -2.07. The highest BCUT2D eigenvalue weighted by atomic mass is 16.3. The molecule has 0 saturated carbocycles. The van der Waals surface area contributed by atoms with Crippen molar-refractivity contribution in [2.45, 2.75) is 6.92 Å². The minimum Gasteiger partial charge on any atom is -0.472 e. The molecule has 2 heteroatoms. The van der Waals surface area contributed by atoms with Crippen LogP contribution >= 0.6 is 0 Å². The molecular formula is C12H13NO. The predicted molar refractivity (Wildman–Crippen MR) is 58.4 cm³/mol. The molecule has 0 atom stereocenters. The van der Waals surface area contributed by atoms with E-state index in [1.54, 1.807) is 12.5 Å². The summed E-state index contributed by atoms with van der Waals surface area (Å²) in [4.78, 5) is 0. The average Bonchev–Trinajstić information content (AvgIpc) is 2.70. The van der Waals surface area contributed by atoms with Gasteiger partial charge in [0.05, 0.1) is 12.5 Å². The molecule has 0 aliphatic rings. The Labute approximate surface area is 83.6 Å². The third kappa shape index (κ3) is 1.51. The summed E-state index contributed by atoms with van der Waals surface area (Å²) in [6.07, 6.45) is 3.45. The highest BCUT2D eigenvalue weighted by Crippen LogP contribution is 2.28. The van der Waals surface area contributed by atoms with E-state index in [0.29, 0.717) is 0 Å². The average molecular weight is 187 g/mol. The molecule has 0 aliphatic carbocycles. The Balaban J connectivity index is 2.55. The fraction of sp³-hybridized carbons (Fsp3) is 0.167. The smallest absolute Gasteiger partial charge is 0.0981 e. The van der Waals surface area contributed by atoms with Gasteiger partial charge in [0.15, 0.2) is 0 Å². The monoisotopic (exact) mass is 187 g/mol. The Hall–Kier alpha value is -1.70. The topological polar surface area (TPSA) is 25.2 Å². The zero-order valence-electron chi connectivity index (χ0n) is 8.37. The van der Waals surface area contributed by atoms with Crippen molar-refractivity contribution in [3.8, 4) is 11.1 Å².